The van der Waals surface area contributed by atoms with Gasteiger partial charge in [-0.3, -0.25) is 0 Å². The van der Waals surface area contributed by atoms with Gasteiger partial charge in [0.15, 0.2) is 0 Å². The number of benzene rings is 1. The summed E-state index contributed by atoms with van der Waals surface area (Å²) in [5.74, 6) is 1.63. The Morgan fingerprint density at radius 3 is 2.94 bits per heavy atom. The predicted octanol–water partition coefficient (Wildman–Crippen LogP) is 2.44. The van der Waals surface area contributed by atoms with E-state index in [0.29, 0.717) is 5.92 Å². The van der Waals surface area contributed by atoms with Crippen molar-refractivity contribution in [1.82, 2.24) is 5.32 Å². The van der Waals surface area contributed by atoms with Crippen LogP contribution in [0, 0.1) is 12.8 Å². The highest BCUT2D eigenvalue weighted by atomic mass is 16.5. The molecule has 0 bridgehead atoms. The topological polar surface area (TPSA) is 24.5 Å². The normalized spacial score (nSPS) is 21.3. The van der Waals surface area contributed by atoms with Crippen molar-refractivity contribution in [2.75, 3.05) is 38.2 Å². The third kappa shape index (κ3) is 3.16. The van der Waals surface area contributed by atoms with Crippen LogP contribution in [-0.2, 0) is 0 Å². The molecule has 1 N–H and O–H groups in total. The Balaban J connectivity index is 2.17. The van der Waals surface area contributed by atoms with Gasteiger partial charge in [-0.25, -0.2) is 0 Å². The summed E-state index contributed by atoms with van der Waals surface area (Å²) in [6, 6.07) is 6.37. The van der Waals surface area contributed by atoms with E-state index in [-0.39, 0.29) is 0 Å². The lowest BCUT2D eigenvalue weighted by atomic mass is 10.1. The van der Waals surface area contributed by atoms with Crippen molar-refractivity contribution in [1.29, 1.82) is 0 Å². The maximum absolute atomic E-state index is 5.27. The second-order valence-corrected chi connectivity index (χ2v) is 5.26. The highest BCUT2D eigenvalue weighted by Gasteiger charge is 2.15. The first kappa shape index (κ1) is 13.2. The van der Waals surface area contributed by atoms with Crippen molar-refractivity contribution >= 4 is 5.69 Å². The number of nitrogens with one attached hydrogen (secondary N) is 1. The van der Waals surface area contributed by atoms with E-state index in [1.54, 1.807) is 7.11 Å². The number of methoxy groups -OCH3 is 1. The van der Waals surface area contributed by atoms with Crippen LogP contribution in [0.1, 0.15) is 18.9 Å². The lowest BCUT2D eigenvalue weighted by Gasteiger charge is -2.31. The van der Waals surface area contributed by atoms with E-state index in [2.05, 4.69) is 42.3 Å². The second-order valence-electron chi connectivity index (χ2n) is 5.26. The molecule has 100 valence electrons. The van der Waals surface area contributed by atoms with Crippen molar-refractivity contribution in [3.05, 3.63) is 23.8 Å². The lowest BCUT2D eigenvalue weighted by Crippen LogP contribution is -2.39. The van der Waals surface area contributed by atoms with Crippen molar-refractivity contribution in [3.8, 4) is 5.75 Å². The van der Waals surface area contributed by atoms with Crippen LogP contribution in [0.4, 0.5) is 5.69 Å². The average Bonchev–Trinajstić information content (AvgIpc) is 2.34. The summed E-state index contributed by atoms with van der Waals surface area (Å²) in [6.07, 6.45) is 1.21. The summed E-state index contributed by atoms with van der Waals surface area (Å²) in [5, 5.41) is 3.50. The minimum Gasteiger partial charge on any atom is -0.497 e. The smallest absolute Gasteiger partial charge is 0.119 e. The van der Waals surface area contributed by atoms with Gasteiger partial charge in [0.2, 0.25) is 0 Å². The molecule has 1 saturated heterocycles. The summed E-state index contributed by atoms with van der Waals surface area (Å²) in [5.41, 5.74) is 2.65. The molecule has 18 heavy (non-hydrogen) atoms. The van der Waals surface area contributed by atoms with Crippen LogP contribution in [-0.4, -0.2) is 33.3 Å². The first-order chi connectivity index (χ1) is 8.70. The summed E-state index contributed by atoms with van der Waals surface area (Å²) < 4.78 is 5.27. The SMILES string of the molecule is COc1ccc(N2CCCNCC(C)C2)c(C)c1. The molecule has 1 aliphatic heterocycles. The Kier molecular flexibility index (Phi) is 4.48. The minimum atomic E-state index is 0.687. The van der Waals surface area contributed by atoms with Crippen LogP contribution in [0.15, 0.2) is 18.2 Å². The van der Waals surface area contributed by atoms with E-state index in [1.807, 2.05) is 0 Å². The fourth-order valence-electron chi connectivity index (χ4n) is 2.60. The third-order valence-electron chi connectivity index (χ3n) is 3.55. The molecule has 2 rings (SSSR count). The molecule has 1 aromatic carbocycles. The van der Waals surface area contributed by atoms with E-state index in [0.717, 1.165) is 31.9 Å². The Morgan fingerprint density at radius 2 is 2.22 bits per heavy atom. The predicted molar refractivity (Wildman–Crippen MR) is 76.6 cm³/mol. The fraction of sp³-hybridized carbons (Fsp3) is 0.600. The largest absolute Gasteiger partial charge is 0.497 e. The van der Waals surface area contributed by atoms with Crippen molar-refractivity contribution in [3.63, 3.8) is 0 Å². The quantitative estimate of drug-likeness (QED) is 0.870. The number of rotatable bonds is 2. The summed E-state index contributed by atoms with van der Waals surface area (Å²) in [4.78, 5) is 2.51. The molecule has 0 spiro atoms. The molecule has 0 amide bonds. The number of hydrogen-bond acceptors (Lipinski definition) is 3. The Morgan fingerprint density at radius 1 is 1.39 bits per heavy atom. The summed E-state index contributed by atoms with van der Waals surface area (Å²) >= 11 is 0. The first-order valence-corrected chi connectivity index (χ1v) is 6.81. The van der Waals surface area contributed by atoms with Gasteiger partial charge in [0.05, 0.1) is 7.11 Å². The molecule has 1 heterocycles. The van der Waals surface area contributed by atoms with Crippen molar-refractivity contribution < 1.29 is 4.74 Å². The molecule has 3 heteroatoms. The molecule has 1 aliphatic rings. The van der Waals surface area contributed by atoms with E-state index >= 15 is 0 Å². The fourth-order valence-corrected chi connectivity index (χ4v) is 2.60. The molecule has 0 aliphatic carbocycles. The molecule has 0 aromatic heterocycles. The number of anilines is 1. The number of aryl methyl sites for hydroxylation is 1. The Bertz CT molecular complexity index is 392. The van der Waals surface area contributed by atoms with Crippen LogP contribution in [0.3, 0.4) is 0 Å². The van der Waals surface area contributed by atoms with Crippen LogP contribution >= 0.6 is 0 Å². The summed E-state index contributed by atoms with van der Waals surface area (Å²) in [7, 11) is 1.72. The van der Waals surface area contributed by atoms with Crippen molar-refractivity contribution in [2.45, 2.75) is 20.3 Å². The van der Waals surface area contributed by atoms with Gasteiger partial charge in [-0.15, -0.1) is 0 Å². The van der Waals surface area contributed by atoms with E-state index in [9.17, 15) is 0 Å². The molecular formula is C15H24N2O. The van der Waals surface area contributed by atoms with Gasteiger partial charge in [0.25, 0.3) is 0 Å². The molecular weight excluding hydrogens is 224 g/mol. The van der Waals surface area contributed by atoms with Gasteiger partial charge >= 0.3 is 0 Å². The van der Waals surface area contributed by atoms with Gasteiger partial charge in [-0.05, 0) is 56.1 Å². The van der Waals surface area contributed by atoms with Gasteiger partial charge in [-0.1, -0.05) is 6.92 Å². The molecule has 0 saturated carbocycles. The van der Waals surface area contributed by atoms with Crippen LogP contribution < -0.4 is 15.0 Å². The lowest BCUT2D eigenvalue weighted by molar-refractivity contribution is 0.414. The number of hydrogen-bond donors (Lipinski definition) is 1. The van der Waals surface area contributed by atoms with Gasteiger partial charge in [0, 0.05) is 18.8 Å². The van der Waals surface area contributed by atoms with E-state index in [4.69, 9.17) is 4.74 Å². The minimum absolute atomic E-state index is 0.687. The standard InChI is InChI=1S/C15H24N2O/c1-12-10-16-7-4-8-17(11-12)15-6-5-14(18-3)9-13(15)2/h5-6,9,12,16H,4,7-8,10-11H2,1-3H3. The zero-order valence-electron chi connectivity index (χ0n) is 11.7. The molecule has 1 atom stereocenters. The van der Waals surface area contributed by atoms with Crippen LogP contribution in [0.2, 0.25) is 0 Å². The number of nitrogens with zero attached hydrogens (tertiary/aromatic N) is 1. The average molecular weight is 248 g/mol. The monoisotopic (exact) mass is 248 g/mol. The Hall–Kier alpha value is -1.22. The maximum Gasteiger partial charge on any atom is 0.119 e. The summed E-state index contributed by atoms with van der Waals surface area (Å²) in [6.45, 7) is 8.97. The zero-order chi connectivity index (χ0) is 13.0. The van der Waals surface area contributed by atoms with Gasteiger partial charge < -0.3 is 15.0 Å². The van der Waals surface area contributed by atoms with Crippen molar-refractivity contribution in [2.24, 2.45) is 5.92 Å². The first-order valence-electron chi connectivity index (χ1n) is 6.81. The molecule has 1 unspecified atom stereocenters. The van der Waals surface area contributed by atoms with Gasteiger partial charge in [-0.2, -0.15) is 0 Å². The molecule has 1 fully saturated rings. The zero-order valence-corrected chi connectivity index (χ0v) is 11.7. The highest BCUT2D eigenvalue weighted by molar-refractivity contribution is 5.55. The van der Waals surface area contributed by atoms with E-state index in [1.165, 1.54) is 17.7 Å². The third-order valence-corrected chi connectivity index (χ3v) is 3.55. The van der Waals surface area contributed by atoms with E-state index < -0.39 is 0 Å². The van der Waals surface area contributed by atoms with Gasteiger partial charge in [0.1, 0.15) is 5.75 Å². The Labute approximate surface area is 110 Å². The molecule has 0 radical (unpaired) electrons. The molecule has 1 aromatic rings. The number of ether oxygens (including phenoxy) is 1. The second kappa shape index (κ2) is 6.10. The molecule has 3 nitrogen and oxygen atoms in total. The van der Waals surface area contributed by atoms with Crippen LogP contribution in [0.5, 0.6) is 5.75 Å². The highest BCUT2D eigenvalue weighted by Crippen LogP contribution is 2.26. The maximum atomic E-state index is 5.27. The van der Waals surface area contributed by atoms with Crippen LogP contribution in [0.25, 0.3) is 0 Å².